The Morgan fingerprint density at radius 3 is 1.04 bits per heavy atom. The van der Waals surface area contributed by atoms with Gasteiger partial charge in [0.1, 0.15) is 0 Å². The quantitative estimate of drug-likeness (QED) is 0.274. The normalized spacial score (nSPS) is 8.61. The Bertz CT molecular complexity index is 285. The second-order valence-corrected chi connectivity index (χ2v) is 8.91. The zero-order valence-corrected chi connectivity index (χ0v) is 18.0. The molecular weight excluding hydrogens is 407 g/mol. The van der Waals surface area contributed by atoms with Crippen LogP contribution >= 0.6 is 0 Å². The molecule has 23 heavy (non-hydrogen) atoms. The first-order valence-corrected chi connectivity index (χ1v) is 11.8. The number of carbonyl (C=O) groups is 4. The summed E-state index contributed by atoms with van der Waals surface area (Å²) in [6.07, 6.45) is 5.84. The van der Waals surface area contributed by atoms with Crippen LogP contribution in [0, 0.1) is 0 Å². The molecule has 0 spiro atoms. The third-order valence-corrected chi connectivity index (χ3v) is 6.03. The third-order valence-electron chi connectivity index (χ3n) is 1.99. The fourth-order valence-corrected chi connectivity index (χ4v) is 5.29. The van der Waals surface area contributed by atoms with Crippen molar-refractivity contribution < 1.29 is 28.7 Å². The predicted molar refractivity (Wildman–Crippen MR) is 90.1 cm³/mol. The molecule has 0 aliphatic heterocycles. The molecule has 0 bridgehead atoms. The van der Waals surface area contributed by atoms with Crippen molar-refractivity contribution in [2.45, 2.75) is 76.1 Å². The van der Waals surface area contributed by atoms with E-state index in [0.717, 1.165) is 0 Å². The number of ether oxygens (including phenoxy) is 2. The molecule has 0 heterocycles. The third kappa shape index (κ3) is 44.9. The molecule has 0 fully saturated rings. The summed E-state index contributed by atoms with van der Waals surface area (Å²) in [7, 11) is 0. The van der Waals surface area contributed by atoms with Crippen LogP contribution < -0.4 is 0 Å². The molecule has 0 atom stereocenters. The molecule has 0 aliphatic rings. The van der Waals surface area contributed by atoms with Crippen LogP contribution in [0.25, 0.3) is 0 Å². The number of carbonyl (C=O) groups excluding carboxylic acids is 4. The molecule has 0 amide bonds. The second kappa shape index (κ2) is 21.1. The molecule has 0 aliphatic carbocycles. The summed E-state index contributed by atoms with van der Waals surface area (Å²) in [5.41, 5.74) is 0. The Kier molecular flexibility index (Phi) is 24.7. The zero-order chi connectivity index (χ0) is 18.7. The van der Waals surface area contributed by atoms with Crippen molar-refractivity contribution in [3.8, 4) is 0 Å². The van der Waals surface area contributed by atoms with E-state index in [-0.39, 0.29) is 21.1 Å². The summed E-state index contributed by atoms with van der Waals surface area (Å²) < 4.78 is 11.2. The van der Waals surface area contributed by atoms with Crippen LogP contribution in [0.2, 0.25) is 8.87 Å². The van der Waals surface area contributed by atoms with Gasteiger partial charge < -0.3 is 9.47 Å². The molecule has 0 saturated carbocycles. The van der Waals surface area contributed by atoms with E-state index < -0.39 is 23.9 Å². The van der Waals surface area contributed by atoms with Gasteiger partial charge in [0, 0.05) is 27.7 Å². The number of hydrogen-bond acceptors (Lipinski definition) is 6. The van der Waals surface area contributed by atoms with E-state index in [9.17, 15) is 19.2 Å². The van der Waals surface area contributed by atoms with Gasteiger partial charge in [-0.3, -0.25) is 19.2 Å². The van der Waals surface area contributed by atoms with Gasteiger partial charge in [0.25, 0.3) is 0 Å². The van der Waals surface area contributed by atoms with Crippen molar-refractivity contribution in [1.29, 1.82) is 0 Å². The van der Waals surface area contributed by atoms with Gasteiger partial charge >= 0.3 is 93.4 Å². The van der Waals surface area contributed by atoms with E-state index >= 15 is 0 Å². The summed E-state index contributed by atoms with van der Waals surface area (Å²) in [6, 6.07) is 0. The van der Waals surface area contributed by atoms with Crippen LogP contribution in [0.5, 0.6) is 0 Å². The molecule has 0 N–H and O–H groups in total. The van der Waals surface area contributed by atoms with E-state index in [2.05, 4.69) is 23.3 Å². The minimum absolute atomic E-state index is 0.149. The molecular formula is C16H30O6Sn. The summed E-state index contributed by atoms with van der Waals surface area (Å²) in [4.78, 5) is 39.2. The van der Waals surface area contributed by atoms with Gasteiger partial charge in [0.15, 0.2) is 0 Å². The van der Waals surface area contributed by atoms with Crippen LogP contribution in [0.15, 0.2) is 0 Å². The molecule has 0 aromatic heterocycles. The van der Waals surface area contributed by atoms with E-state index in [1.807, 2.05) is 0 Å². The molecule has 0 aromatic rings. The van der Waals surface area contributed by atoms with Crippen molar-refractivity contribution in [3.63, 3.8) is 0 Å². The van der Waals surface area contributed by atoms with Crippen molar-refractivity contribution in [2.24, 2.45) is 0 Å². The van der Waals surface area contributed by atoms with Gasteiger partial charge in [-0.15, -0.1) is 0 Å². The summed E-state index contributed by atoms with van der Waals surface area (Å²) >= 11 is 0.149. The summed E-state index contributed by atoms with van der Waals surface area (Å²) in [6.45, 7) is 9.31. The Balaban J connectivity index is -0.000000264. The van der Waals surface area contributed by atoms with E-state index in [0.29, 0.717) is 0 Å². The first-order chi connectivity index (χ1) is 10.7. The molecule has 0 saturated heterocycles. The maximum absolute atomic E-state index is 9.81. The number of unbranched alkanes of at least 4 members (excludes halogenated alkanes) is 2. The van der Waals surface area contributed by atoms with Crippen molar-refractivity contribution in [3.05, 3.63) is 0 Å². The van der Waals surface area contributed by atoms with Crippen LogP contribution in [-0.4, -0.2) is 45.0 Å². The predicted octanol–water partition coefficient (Wildman–Crippen LogP) is 3.32. The number of hydrogen-bond donors (Lipinski definition) is 0. The van der Waals surface area contributed by atoms with Gasteiger partial charge in [-0.1, -0.05) is 0 Å². The molecule has 0 rings (SSSR count). The monoisotopic (exact) mass is 438 g/mol. The molecule has 0 unspecified atom stereocenters. The molecule has 2 radical (unpaired) electrons. The summed E-state index contributed by atoms with van der Waals surface area (Å²) in [5, 5.41) is 0. The topological polar surface area (TPSA) is 86.7 Å². The van der Waals surface area contributed by atoms with Crippen LogP contribution in [-0.2, 0) is 28.7 Å². The van der Waals surface area contributed by atoms with Gasteiger partial charge in [-0.25, -0.2) is 0 Å². The van der Waals surface area contributed by atoms with Crippen molar-refractivity contribution in [2.75, 3.05) is 0 Å². The Labute approximate surface area is 149 Å². The summed E-state index contributed by atoms with van der Waals surface area (Å²) in [5.74, 6) is -2.25. The van der Waals surface area contributed by atoms with Crippen molar-refractivity contribution in [1.82, 2.24) is 0 Å². The first-order valence-electron chi connectivity index (χ1n) is 7.75. The van der Waals surface area contributed by atoms with Gasteiger partial charge in [-0.05, 0) is 0 Å². The maximum atomic E-state index is 9.81. The molecule has 134 valence electrons. The fraction of sp³-hybridized carbons (Fsp3) is 0.750. The van der Waals surface area contributed by atoms with Crippen molar-refractivity contribution >= 4 is 45.0 Å². The molecule has 6 nitrogen and oxygen atoms in total. The van der Waals surface area contributed by atoms with E-state index in [4.69, 9.17) is 0 Å². The first kappa shape index (κ1) is 27.0. The van der Waals surface area contributed by atoms with Crippen LogP contribution in [0.4, 0.5) is 0 Å². The van der Waals surface area contributed by atoms with Crippen LogP contribution in [0.1, 0.15) is 67.2 Å². The second-order valence-electron chi connectivity index (χ2n) is 4.63. The Morgan fingerprint density at radius 2 is 0.913 bits per heavy atom. The van der Waals surface area contributed by atoms with Gasteiger partial charge in [-0.2, -0.15) is 0 Å². The minimum atomic E-state index is -0.562. The number of esters is 4. The van der Waals surface area contributed by atoms with E-state index in [1.165, 1.54) is 53.4 Å². The fourth-order valence-electron chi connectivity index (χ4n) is 1.13. The zero-order valence-electron chi connectivity index (χ0n) is 15.2. The SMILES string of the molecule is CC(=O)OC(C)=O.CC(=O)OC(C)=O.CCC[CH2][Sn][CH2]CCC. The Hall–Kier alpha value is -0.921. The average Bonchev–Trinajstić information content (AvgIpc) is 2.36. The van der Waals surface area contributed by atoms with E-state index in [1.54, 1.807) is 8.87 Å². The van der Waals surface area contributed by atoms with Gasteiger partial charge in [0.2, 0.25) is 0 Å². The Morgan fingerprint density at radius 1 is 0.652 bits per heavy atom. The molecule has 0 aromatic carbocycles. The standard InChI is InChI=1S/2C4H6O3.2C4H9.Sn/c2*1-3(5)7-4(2)6;2*1-3-4-2;/h2*1-2H3;2*1,3-4H2,2H3;. The average molecular weight is 437 g/mol. The van der Waals surface area contributed by atoms with Gasteiger partial charge in [0.05, 0.1) is 0 Å². The van der Waals surface area contributed by atoms with Crippen LogP contribution in [0.3, 0.4) is 0 Å². The number of rotatable bonds is 6. The molecule has 7 heteroatoms.